The normalized spacial score (nSPS) is 21.3. The van der Waals surface area contributed by atoms with Crippen LogP contribution in [0.2, 0.25) is 0 Å². The van der Waals surface area contributed by atoms with Gasteiger partial charge in [0.05, 0.1) is 11.6 Å². The van der Waals surface area contributed by atoms with Crippen LogP contribution in [0.3, 0.4) is 0 Å². The van der Waals surface area contributed by atoms with E-state index in [0.29, 0.717) is 17.5 Å². The van der Waals surface area contributed by atoms with Crippen LogP contribution < -0.4 is 0 Å². The first-order valence-electron chi connectivity index (χ1n) is 8.07. The van der Waals surface area contributed by atoms with E-state index in [1.165, 1.54) is 0 Å². The minimum Gasteiger partial charge on any atom is -0.419 e. The van der Waals surface area contributed by atoms with Crippen molar-refractivity contribution in [2.75, 3.05) is 6.61 Å². The van der Waals surface area contributed by atoms with Crippen LogP contribution in [-0.4, -0.2) is 36.4 Å². The van der Waals surface area contributed by atoms with Crippen molar-refractivity contribution >= 4 is 0 Å². The molecule has 8 heteroatoms. The Morgan fingerprint density at radius 3 is 2.79 bits per heavy atom. The maximum atomic E-state index is 6.00. The quantitative estimate of drug-likeness (QED) is 0.732. The van der Waals surface area contributed by atoms with Crippen LogP contribution in [0.4, 0.5) is 0 Å². The zero-order chi connectivity index (χ0) is 16.7. The van der Waals surface area contributed by atoms with E-state index in [1.807, 2.05) is 37.8 Å². The summed E-state index contributed by atoms with van der Waals surface area (Å²) in [7, 11) is 3.81. The highest BCUT2D eigenvalue weighted by molar-refractivity contribution is 5.46. The maximum absolute atomic E-state index is 6.00. The van der Waals surface area contributed by atoms with Gasteiger partial charge in [0, 0.05) is 32.6 Å². The van der Waals surface area contributed by atoms with E-state index >= 15 is 0 Å². The van der Waals surface area contributed by atoms with Gasteiger partial charge in [-0.15, -0.1) is 10.2 Å². The van der Waals surface area contributed by atoms with Crippen molar-refractivity contribution in [2.45, 2.75) is 31.8 Å². The Morgan fingerprint density at radius 2 is 2.08 bits per heavy atom. The second-order valence-corrected chi connectivity index (χ2v) is 6.16. The Bertz CT molecular complexity index is 829. The van der Waals surface area contributed by atoms with Gasteiger partial charge < -0.3 is 9.15 Å². The van der Waals surface area contributed by atoms with Crippen molar-refractivity contribution in [2.24, 2.45) is 14.1 Å². The number of aryl methyl sites for hydroxylation is 3. The lowest BCUT2D eigenvalue weighted by Gasteiger charge is -2.29. The molecule has 8 nitrogen and oxygen atoms in total. The second kappa shape index (κ2) is 5.86. The molecule has 0 bridgehead atoms. The molecule has 0 N–H and O–H groups in total. The first-order chi connectivity index (χ1) is 11.6. The fraction of sp³-hybridized carbons (Fsp3) is 0.500. The van der Waals surface area contributed by atoms with E-state index in [1.54, 1.807) is 10.9 Å². The summed E-state index contributed by atoms with van der Waals surface area (Å²) in [5.74, 6) is 1.07. The Hall–Kier alpha value is -2.48. The second-order valence-electron chi connectivity index (χ2n) is 6.16. The van der Waals surface area contributed by atoms with Crippen molar-refractivity contribution in [1.82, 2.24) is 29.8 Å². The molecule has 3 aromatic rings. The Balaban J connectivity index is 1.65. The average molecular weight is 328 g/mol. The summed E-state index contributed by atoms with van der Waals surface area (Å²) < 4.78 is 15.6. The van der Waals surface area contributed by atoms with Gasteiger partial charge in [-0.05, 0) is 31.9 Å². The predicted molar refractivity (Wildman–Crippen MR) is 85.1 cm³/mol. The number of rotatable bonds is 3. The molecule has 1 aliphatic heterocycles. The van der Waals surface area contributed by atoms with Gasteiger partial charge in [0.15, 0.2) is 0 Å². The highest BCUT2D eigenvalue weighted by atomic mass is 16.5. The Kier molecular flexibility index (Phi) is 3.68. The summed E-state index contributed by atoms with van der Waals surface area (Å²) >= 11 is 0. The molecule has 0 radical (unpaired) electrons. The summed E-state index contributed by atoms with van der Waals surface area (Å²) in [6.07, 6.45) is 3.57. The third-order valence-electron chi connectivity index (χ3n) is 4.56. The molecule has 1 fully saturated rings. The predicted octanol–water partition coefficient (Wildman–Crippen LogP) is 2.15. The summed E-state index contributed by atoms with van der Waals surface area (Å²) in [5.41, 5.74) is 2.76. The maximum Gasteiger partial charge on any atom is 0.268 e. The summed E-state index contributed by atoms with van der Waals surface area (Å²) in [5, 5.41) is 17.1. The molecule has 0 unspecified atom stereocenters. The van der Waals surface area contributed by atoms with Gasteiger partial charge in [-0.2, -0.15) is 10.2 Å². The van der Waals surface area contributed by atoms with E-state index in [-0.39, 0.29) is 12.0 Å². The van der Waals surface area contributed by atoms with E-state index in [9.17, 15) is 0 Å². The number of hydrogen-bond acceptors (Lipinski definition) is 6. The number of aromatic nitrogens is 6. The molecule has 3 aromatic heterocycles. The van der Waals surface area contributed by atoms with Crippen molar-refractivity contribution in [3.8, 4) is 11.6 Å². The molecule has 4 rings (SSSR count). The average Bonchev–Trinajstić information content (AvgIpc) is 3.29. The number of ether oxygens (including phenoxy) is 1. The molecule has 0 aliphatic carbocycles. The van der Waals surface area contributed by atoms with E-state index in [2.05, 4.69) is 20.4 Å². The minimum atomic E-state index is -0.120. The van der Waals surface area contributed by atoms with Gasteiger partial charge in [0.1, 0.15) is 11.8 Å². The molecule has 0 amide bonds. The fourth-order valence-corrected chi connectivity index (χ4v) is 3.14. The van der Waals surface area contributed by atoms with Crippen LogP contribution in [-0.2, 0) is 18.8 Å². The first-order valence-corrected chi connectivity index (χ1v) is 8.07. The van der Waals surface area contributed by atoms with Crippen molar-refractivity contribution in [1.29, 1.82) is 0 Å². The third-order valence-corrected chi connectivity index (χ3v) is 4.56. The van der Waals surface area contributed by atoms with Gasteiger partial charge in [0.2, 0.25) is 5.89 Å². The third kappa shape index (κ3) is 2.52. The summed E-state index contributed by atoms with van der Waals surface area (Å²) in [6, 6.07) is 3.91. The minimum absolute atomic E-state index is 0.0280. The molecule has 2 atom stereocenters. The largest absolute Gasteiger partial charge is 0.419 e. The molecular weight excluding hydrogens is 308 g/mol. The molecule has 0 saturated carbocycles. The molecule has 1 aliphatic rings. The van der Waals surface area contributed by atoms with Crippen LogP contribution in [0, 0.1) is 6.92 Å². The van der Waals surface area contributed by atoms with Gasteiger partial charge in [-0.1, -0.05) is 0 Å². The molecule has 126 valence electrons. The Labute approximate surface area is 139 Å². The molecule has 0 spiro atoms. The highest BCUT2D eigenvalue weighted by Gasteiger charge is 2.34. The van der Waals surface area contributed by atoms with Gasteiger partial charge in [0.25, 0.3) is 5.89 Å². The van der Waals surface area contributed by atoms with Crippen molar-refractivity contribution < 1.29 is 9.15 Å². The number of nitrogens with zero attached hydrogens (tertiary/aromatic N) is 6. The van der Waals surface area contributed by atoms with Crippen LogP contribution >= 0.6 is 0 Å². The van der Waals surface area contributed by atoms with Crippen LogP contribution in [0.5, 0.6) is 0 Å². The summed E-state index contributed by atoms with van der Waals surface area (Å²) in [4.78, 5) is 0. The zero-order valence-electron chi connectivity index (χ0n) is 14.0. The fourth-order valence-electron chi connectivity index (χ4n) is 3.14. The molecule has 4 heterocycles. The van der Waals surface area contributed by atoms with Gasteiger partial charge >= 0.3 is 0 Å². The van der Waals surface area contributed by atoms with E-state index in [0.717, 1.165) is 30.8 Å². The summed E-state index contributed by atoms with van der Waals surface area (Å²) in [6.45, 7) is 2.72. The smallest absolute Gasteiger partial charge is 0.268 e. The zero-order valence-corrected chi connectivity index (χ0v) is 14.0. The Morgan fingerprint density at radius 1 is 1.21 bits per heavy atom. The van der Waals surface area contributed by atoms with Gasteiger partial charge in [-0.25, -0.2) is 0 Å². The van der Waals surface area contributed by atoms with E-state index in [4.69, 9.17) is 9.15 Å². The molecule has 0 aromatic carbocycles. The molecule has 1 saturated heterocycles. The highest BCUT2D eigenvalue weighted by Crippen LogP contribution is 2.40. The first kappa shape index (κ1) is 15.1. The number of hydrogen-bond donors (Lipinski definition) is 0. The SMILES string of the molecule is Cc1cc(-c2nnc([C@@H]3CCCO[C@H]3c3ccnn3C)o2)nn1C. The molecule has 24 heavy (non-hydrogen) atoms. The lowest BCUT2D eigenvalue weighted by atomic mass is 9.92. The van der Waals surface area contributed by atoms with Crippen molar-refractivity contribution in [3.63, 3.8) is 0 Å². The lowest BCUT2D eigenvalue weighted by molar-refractivity contribution is -0.0135. The van der Waals surface area contributed by atoms with E-state index < -0.39 is 0 Å². The van der Waals surface area contributed by atoms with Crippen LogP contribution in [0.1, 0.15) is 42.1 Å². The van der Waals surface area contributed by atoms with Crippen LogP contribution in [0.25, 0.3) is 11.6 Å². The topological polar surface area (TPSA) is 83.8 Å². The molecular formula is C16H20N6O2. The monoisotopic (exact) mass is 328 g/mol. The van der Waals surface area contributed by atoms with Crippen molar-refractivity contribution in [3.05, 3.63) is 35.6 Å². The standard InChI is InChI=1S/C16H20N6O2/c1-10-9-12(20-21(10)2)16-19-18-15(24-16)11-5-4-8-23-14(11)13-6-7-17-22(13)3/h6-7,9,11,14H,4-5,8H2,1-3H3/t11-,14-/m1/s1. The van der Waals surface area contributed by atoms with Gasteiger partial charge in [-0.3, -0.25) is 9.36 Å². The lowest BCUT2D eigenvalue weighted by Crippen LogP contribution is -2.23. The van der Waals surface area contributed by atoms with Crippen LogP contribution in [0.15, 0.2) is 22.7 Å².